The van der Waals surface area contributed by atoms with E-state index in [1.165, 1.54) is 25.3 Å². The second kappa shape index (κ2) is 9.56. The number of anilines is 1. The van der Waals surface area contributed by atoms with Crippen LogP contribution in [-0.4, -0.2) is 24.5 Å². The number of nitro benzene ring substituents is 1. The van der Waals surface area contributed by atoms with Gasteiger partial charge in [0.05, 0.1) is 24.6 Å². The summed E-state index contributed by atoms with van der Waals surface area (Å²) in [6.45, 7) is 2.04. The van der Waals surface area contributed by atoms with Crippen molar-refractivity contribution in [1.29, 1.82) is 0 Å². The number of hydrogen-bond donors (Lipinski definition) is 0. The fourth-order valence-electron chi connectivity index (χ4n) is 2.99. The van der Waals surface area contributed by atoms with Gasteiger partial charge in [0.2, 0.25) is 0 Å². The van der Waals surface area contributed by atoms with Crippen molar-refractivity contribution in [3.63, 3.8) is 0 Å². The first-order chi connectivity index (χ1) is 14.5. The molecule has 0 aromatic heterocycles. The zero-order valence-corrected chi connectivity index (χ0v) is 16.8. The summed E-state index contributed by atoms with van der Waals surface area (Å²) >= 11 is 0. The quantitative estimate of drug-likeness (QED) is 0.406. The van der Waals surface area contributed by atoms with Gasteiger partial charge in [-0.25, -0.2) is 0 Å². The fraction of sp³-hybridized carbons (Fsp3) is 0.174. The molecule has 0 aliphatic rings. The first-order valence-electron chi connectivity index (χ1n) is 9.34. The third kappa shape index (κ3) is 5.14. The molecule has 0 aliphatic heterocycles. The van der Waals surface area contributed by atoms with Gasteiger partial charge in [0, 0.05) is 11.8 Å². The number of non-ortho nitro benzene ring substituents is 1. The van der Waals surface area contributed by atoms with Gasteiger partial charge in [0.25, 0.3) is 11.6 Å². The minimum absolute atomic E-state index is 0.141. The third-order valence-electron chi connectivity index (χ3n) is 4.51. The summed E-state index contributed by atoms with van der Waals surface area (Å²) in [7, 11) is 1.43. The van der Waals surface area contributed by atoms with Crippen LogP contribution in [0.4, 0.5) is 11.4 Å². The van der Waals surface area contributed by atoms with Gasteiger partial charge >= 0.3 is 0 Å². The highest BCUT2D eigenvalue weighted by atomic mass is 16.6. The molecule has 0 saturated heterocycles. The number of benzene rings is 3. The Labute approximate surface area is 174 Å². The van der Waals surface area contributed by atoms with E-state index in [4.69, 9.17) is 9.47 Å². The zero-order valence-electron chi connectivity index (χ0n) is 16.8. The number of methoxy groups -OCH3 is 1. The highest BCUT2D eigenvalue weighted by molar-refractivity contribution is 5.94. The van der Waals surface area contributed by atoms with E-state index in [9.17, 15) is 14.9 Å². The first kappa shape index (κ1) is 20.9. The number of ether oxygens (including phenoxy) is 2. The minimum atomic E-state index is -0.525. The van der Waals surface area contributed by atoms with E-state index < -0.39 is 4.92 Å². The lowest BCUT2D eigenvalue weighted by Gasteiger charge is -2.24. The van der Waals surface area contributed by atoms with Crippen LogP contribution in [0, 0.1) is 17.0 Å². The summed E-state index contributed by atoms with van der Waals surface area (Å²) in [6.07, 6.45) is 0. The molecule has 0 fully saturated rings. The molecule has 3 aromatic carbocycles. The Morgan fingerprint density at radius 3 is 2.43 bits per heavy atom. The van der Waals surface area contributed by atoms with Crippen LogP contribution >= 0.6 is 0 Å². The van der Waals surface area contributed by atoms with Crippen molar-refractivity contribution in [3.8, 4) is 11.5 Å². The van der Waals surface area contributed by atoms with Gasteiger partial charge in [0.1, 0.15) is 0 Å². The van der Waals surface area contributed by atoms with E-state index in [0.29, 0.717) is 12.3 Å². The average Bonchev–Trinajstić information content (AvgIpc) is 2.76. The van der Waals surface area contributed by atoms with Crippen LogP contribution in [-0.2, 0) is 11.3 Å². The predicted octanol–water partition coefficient (Wildman–Crippen LogP) is 4.52. The van der Waals surface area contributed by atoms with Crippen LogP contribution in [0.3, 0.4) is 0 Å². The summed E-state index contributed by atoms with van der Waals surface area (Å²) in [5, 5.41) is 11.1. The maximum Gasteiger partial charge on any atom is 0.273 e. The van der Waals surface area contributed by atoms with Gasteiger partial charge in [-0.1, -0.05) is 42.5 Å². The number of hydrogen-bond acceptors (Lipinski definition) is 5. The molecule has 0 N–H and O–H groups in total. The number of amides is 1. The molecule has 7 heteroatoms. The van der Waals surface area contributed by atoms with Gasteiger partial charge in [-0.05, 0) is 36.2 Å². The molecule has 0 aliphatic carbocycles. The normalized spacial score (nSPS) is 10.3. The standard InChI is InChI=1S/C23H22N2O5/c1-17-7-6-10-19(13-17)24(15-18-8-4-3-5-9-18)23(26)16-30-22-14-20(25(27)28)11-12-21(22)29-2/h3-14H,15-16H2,1-2H3. The van der Waals surface area contributed by atoms with Crippen LogP contribution < -0.4 is 14.4 Å². The van der Waals surface area contributed by atoms with Crippen molar-refractivity contribution in [2.45, 2.75) is 13.5 Å². The van der Waals surface area contributed by atoms with Gasteiger partial charge < -0.3 is 14.4 Å². The van der Waals surface area contributed by atoms with Crippen LogP contribution in [0.15, 0.2) is 72.8 Å². The second-order valence-corrected chi connectivity index (χ2v) is 6.69. The van der Waals surface area contributed by atoms with E-state index in [-0.39, 0.29) is 24.0 Å². The van der Waals surface area contributed by atoms with Crippen molar-refractivity contribution in [2.75, 3.05) is 18.6 Å². The fourth-order valence-corrected chi connectivity index (χ4v) is 2.99. The predicted molar refractivity (Wildman–Crippen MR) is 114 cm³/mol. The monoisotopic (exact) mass is 406 g/mol. The lowest BCUT2D eigenvalue weighted by molar-refractivity contribution is -0.385. The van der Waals surface area contributed by atoms with Crippen LogP contribution in [0.2, 0.25) is 0 Å². The number of rotatable bonds is 8. The van der Waals surface area contributed by atoms with Crippen molar-refractivity contribution in [3.05, 3.63) is 94.0 Å². The van der Waals surface area contributed by atoms with E-state index in [1.807, 2.05) is 61.5 Å². The highest BCUT2D eigenvalue weighted by Gasteiger charge is 2.19. The van der Waals surface area contributed by atoms with E-state index >= 15 is 0 Å². The summed E-state index contributed by atoms with van der Waals surface area (Å²) in [6, 6.07) is 21.3. The number of nitrogens with zero attached hydrogens (tertiary/aromatic N) is 2. The number of nitro groups is 1. The molecule has 3 rings (SSSR count). The number of aryl methyl sites for hydroxylation is 1. The van der Waals surface area contributed by atoms with Gasteiger partial charge in [-0.15, -0.1) is 0 Å². The van der Waals surface area contributed by atoms with Crippen molar-refractivity contribution >= 4 is 17.3 Å². The van der Waals surface area contributed by atoms with E-state index in [2.05, 4.69) is 0 Å². The van der Waals surface area contributed by atoms with Gasteiger partial charge in [0.15, 0.2) is 18.1 Å². The molecular formula is C23H22N2O5. The Morgan fingerprint density at radius 2 is 1.77 bits per heavy atom. The van der Waals surface area contributed by atoms with Crippen LogP contribution in [0.1, 0.15) is 11.1 Å². The van der Waals surface area contributed by atoms with Gasteiger partial charge in [-0.3, -0.25) is 14.9 Å². The summed E-state index contributed by atoms with van der Waals surface area (Å²) in [5.41, 5.74) is 2.61. The summed E-state index contributed by atoms with van der Waals surface area (Å²) in [4.78, 5) is 25.2. The average molecular weight is 406 g/mol. The molecule has 0 radical (unpaired) electrons. The Morgan fingerprint density at radius 1 is 1.00 bits per heavy atom. The van der Waals surface area contributed by atoms with Gasteiger partial charge in [-0.2, -0.15) is 0 Å². The van der Waals surface area contributed by atoms with Crippen LogP contribution in [0.5, 0.6) is 11.5 Å². The Hall–Kier alpha value is -3.87. The molecule has 0 bridgehead atoms. The smallest absolute Gasteiger partial charge is 0.273 e. The first-order valence-corrected chi connectivity index (χ1v) is 9.34. The lowest BCUT2D eigenvalue weighted by atomic mass is 10.1. The molecule has 7 nitrogen and oxygen atoms in total. The largest absolute Gasteiger partial charge is 0.493 e. The SMILES string of the molecule is COc1ccc([N+](=O)[O-])cc1OCC(=O)N(Cc1ccccc1)c1cccc(C)c1. The Balaban J connectivity index is 1.83. The van der Waals surface area contributed by atoms with Crippen LogP contribution in [0.25, 0.3) is 0 Å². The zero-order chi connectivity index (χ0) is 21.5. The molecule has 0 saturated carbocycles. The third-order valence-corrected chi connectivity index (χ3v) is 4.51. The summed E-state index contributed by atoms with van der Waals surface area (Å²) in [5.74, 6) is 0.181. The molecule has 3 aromatic rings. The number of carbonyl (C=O) groups is 1. The maximum atomic E-state index is 13.1. The van der Waals surface area contributed by atoms with E-state index in [0.717, 1.165) is 16.8 Å². The molecule has 154 valence electrons. The molecule has 1 amide bonds. The summed E-state index contributed by atoms with van der Waals surface area (Å²) < 4.78 is 10.8. The molecule has 0 spiro atoms. The molecule has 30 heavy (non-hydrogen) atoms. The Bertz CT molecular complexity index is 1040. The second-order valence-electron chi connectivity index (χ2n) is 6.69. The molecule has 0 heterocycles. The lowest BCUT2D eigenvalue weighted by Crippen LogP contribution is -2.34. The number of carbonyl (C=O) groups excluding carboxylic acids is 1. The van der Waals surface area contributed by atoms with E-state index in [1.54, 1.807) is 4.90 Å². The molecule has 0 atom stereocenters. The van der Waals surface area contributed by atoms with Crippen molar-refractivity contribution in [1.82, 2.24) is 0 Å². The van der Waals surface area contributed by atoms with Crippen molar-refractivity contribution < 1.29 is 19.2 Å². The topological polar surface area (TPSA) is 81.9 Å². The maximum absolute atomic E-state index is 13.1. The highest BCUT2D eigenvalue weighted by Crippen LogP contribution is 2.31. The molecular weight excluding hydrogens is 384 g/mol. The Kier molecular flexibility index (Phi) is 6.64. The van der Waals surface area contributed by atoms with Crippen molar-refractivity contribution in [2.24, 2.45) is 0 Å². The molecule has 0 unspecified atom stereocenters. The minimum Gasteiger partial charge on any atom is -0.493 e.